The molecule has 7 nitrogen and oxygen atoms in total. The van der Waals surface area contributed by atoms with Crippen LogP contribution in [-0.4, -0.2) is 35.6 Å². The number of aromatic nitrogens is 1. The first-order valence-electron chi connectivity index (χ1n) is 12.1. The normalized spacial score (nSPS) is 15.5. The molecule has 0 saturated heterocycles. The Hall–Kier alpha value is -2.95. The predicted octanol–water partition coefficient (Wildman–Crippen LogP) is 5.38. The summed E-state index contributed by atoms with van der Waals surface area (Å²) in [6, 6.07) is 12.9. The summed E-state index contributed by atoms with van der Waals surface area (Å²) in [4.78, 5) is 35.0. The molecule has 2 aromatic carbocycles. The smallest absolute Gasteiger partial charge is 0.271 e. The van der Waals surface area contributed by atoms with Crippen LogP contribution in [0, 0.1) is 0 Å². The van der Waals surface area contributed by atoms with Gasteiger partial charge in [-0.05, 0) is 75.5 Å². The number of nitrogens with zero attached hydrogens (tertiary/aromatic N) is 3. The fourth-order valence-electron chi connectivity index (χ4n) is 4.85. The van der Waals surface area contributed by atoms with Crippen molar-refractivity contribution < 1.29 is 13.9 Å². The lowest BCUT2D eigenvalue weighted by Crippen LogP contribution is -2.43. The number of hydrogen-bond acceptors (Lipinski definition) is 6. The molecule has 196 valence electrons. The Bertz CT molecular complexity index is 1760. The van der Waals surface area contributed by atoms with Crippen molar-refractivity contribution in [2.24, 2.45) is 4.99 Å². The van der Waals surface area contributed by atoms with Gasteiger partial charge in [0.1, 0.15) is 17.6 Å². The standard InChI is InChI=1S/C28H25Br2N3O4S/c1-5-32(6-2)27(35)22-15(3)31-28-33(26(34)21(38-28)14-17-13-19(29)25(30)37-17)24(22)23-18-10-8-7-9-16(18)11-12-20(23)36-4/h7-14,24H,5-6H2,1-4H3/b21-14+/t24-/m0/s1. The van der Waals surface area contributed by atoms with Gasteiger partial charge in [-0.15, -0.1) is 0 Å². The summed E-state index contributed by atoms with van der Waals surface area (Å²) in [5, 5.41) is 1.89. The van der Waals surface area contributed by atoms with E-state index in [1.807, 2.05) is 57.2 Å². The molecule has 0 N–H and O–H groups in total. The highest BCUT2D eigenvalue weighted by atomic mass is 79.9. The summed E-state index contributed by atoms with van der Waals surface area (Å²) in [6.45, 7) is 6.80. The van der Waals surface area contributed by atoms with Crippen LogP contribution < -0.4 is 19.6 Å². The first-order chi connectivity index (χ1) is 18.3. The third-order valence-corrected chi connectivity index (χ3v) is 9.36. The van der Waals surface area contributed by atoms with Crippen molar-refractivity contribution in [3.05, 3.63) is 93.9 Å². The molecular formula is C28H25Br2N3O4S. The van der Waals surface area contributed by atoms with Crippen LogP contribution in [0.4, 0.5) is 0 Å². The van der Waals surface area contributed by atoms with Crippen LogP contribution >= 0.6 is 43.2 Å². The highest BCUT2D eigenvalue weighted by Gasteiger charge is 2.36. The molecule has 0 aliphatic carbocycles. The fourth-order valence-corrected chi connectivity index (χ4v) is 6.48. The van der Waals surface area contributed by atoms with E-state index in [9.17, 15) is 9.59 Å². The number of amides is 1. The van der Waals surface area contributed by atoms with E-state index in [1.165, 1.54) is 11.3 Å². The van der Waals surface area contributed by atoms with Crippen LogP contribution in [0.2, 0.25) is 0 Å². The topological polar surface area (TPSA) is 77.0 Å². The van der Waals surface area contributed by atoms with E-state index in [4.69, 9.17) is 14.1 Å². The number of ether oxygens (including phenoxy) is 1. The number of carbonyl (C=O) groups excluding carboxylic acids is 1. The van der Waals surface area contributed by atoms with Crippen molar-refractivity contribution in [3.63, 3.8) is 0 Å². The Kier molecular flexibility index (Phi) is 7.48. The largest absolute Gasteiger partial charge is 0.496 e. The lowest BCUT2D eigenvalue weighted by atomic mass is 9.90. The molecule has 1 aliphatic rings. The first-order valence-corrected chi connectivity index (χ1v) is 14.5. The van der Waals surface area contributed by atoms with E-state index in [1.54, 1.807) is 28.7 Å². The zero-order valence-corrected chi connectivity index (χ0v) is 25.2. The van der Waals surface area contributed by atoms with E-state index >= 15 is 0 Å². The number of likely N-dealkylation sites (N-methyl/N-ethyl adjacent to an activating group) is 1. The highest BCUT2D eigenvalue weighted by molar-refractivity contribution is 9.13. The van der Waals surface area contributed by atoms with Gasteiger partial charge >= 0.3 is 0 Å². The predicted molar refractivity (Wildman–Crippen MR) is 156 cm³/mol. The molecule has 1 amide bonds. The summed E-state index contributed by atoms with van der Waals surface area (Å²) >= 11 is 8.03. The maximum atomic E-state index is 14.0. The average Bonchev–Trinajstić information content (AvgIpc) is 3.39. The Morgan fingerprint density at radius 1 is 1.21 bits per heavy atom. The van der Waals surface area contributed by atoms with Crippen molar-refractivity contribution in [2.75, 3.05) is 20.2 Å². The number of carbonyl (C=O) groups is 1. The van der Waals surface area contributed by atoms with E-state index in [0.29, 0.717) is 49.9 Å². The van der Waals surface area contributed by atoms with E-state index in [-0.39, 0.29) is 11.5 Å². The Labute approximate surface area is 240 Å². The first kappa shape index (κ1) is 26.6. The van der Waals surface area contributed by atoms with Gasteiger partial charge in [0.05, 0.1) is 27.4 Å². The van der Waals surface area contributed by atoms with Crippen molar-refractivity contribution in [1.29, 1.82) is 0 Å². The number of allylic oxidation sites excluding steroid dienone is 1. The van der Waals surface area contributed by atoms with Crippen LogP contribution in [0.15, 0.2) is 77.1 Å². The number of benzene rings is 2. The Morgan fingerprint density at radius 2 is 1.95 bits per heavy atom. The third-order valence-electron chi connectivity index (χ3n) is 6.66. The average molecular weight is 659 g/mol. The second-order valence-corrected chi connectivity index (χ2v) is 11.3. The van der Waals surface area contributed by atoms with Gasteiger partial charge in [0.15, 0.2) is 9.47 Å². The molecule has 0 unspecified atom stereocenters. The molecule has 10 heteroatoms. The zero-order chi connectivity index (χ0) is 27.1. The van der Waals surface area contributed by atoms with E-state index < -0.39 is 6.04 Å². The third kappa shape index (κ3) is 4.48. The molecule has 0 spiro atoms. The molecule has 0 bridgehead atoms. The number of hydrogen-bond donors (Lipinski definition) is 0. The second-order valence-electron chi connectivity index (χ2n) is 8.73. The molecule has 3 heterocycles. The number of halogens is 2. The van der Waals surface area contributed by atoms with Gasteiger partial charge in [0.25, 0.3) is 11.5 Å². The van der Waals surface area contributed by atoms with E-state index in [0.717, 1.165) is 20.8 Å². The van der Waals surface area contributed by atoms with Crippen molar-refractivity contribution in [1.82, 2.24) is 9.47 Å². The SMILES string of the molecule is CCN(CC)C(=O)C1=C(C)N=c2s/c(=C/c3cc(Br)c(Br)o3)c(=O)n2[C@@H]1c1c(OC)ccc2ccccc12. The summed E-state index contributed by atoms with van der Waals surface area (Å²) in [7, 11) is 1.60. The molecule has 38 heavy (non-hydrogen) atoms. The van der Waals surface area contributed by atoms with Gasteiger partial charge in [-0.3, -0.25) is 14.2 Å². The lowest BCUT2D eigenvalue weighted by molar-refractivity contribution is -0.127. The highest BCUT2D eigenvalue weighted by Crippen LogP contribution is 2.40. The van der Waals surface area contributed by atoms with Crippen molar-refractivity contribution >= 4 is 66.0 Å². The van der Waals surface area contributed by atoms with Crippen molar-refractivity contribution in [3.8, 4) is 5.75 Å². The van der Waals surface area contributed by atoms with Crippen LogP contribution in [0.25, 0.3) is 16.8 Å². The van der Waals surface area contributed by atoms with E-state index in [2.05, 4.69) is 31.9 Å². The number of methoxy groups -OCH3 is 1. The van der Waals surface area contributed by atoms with Crippen LogP contribution in [-0.2, 0) is 4.79 Å². The van der Waals surface area contributed by atoms with Gasteiger partial charge in [0.2, 0.25) is 0 Å². The van der Waals surface area contributed by atoms with Gasteiger partial charge in [-0.1, -0.05) is 41.7 Å². The summed E-state index contributed by atoms with van der Waals surface area (Å²) in [5.41, 5.74) is 1.55. The van der Waals surface area contributed by atoms with Gasteiger partial charge < -0.3 is 14.1 Å². The van der Waals surface area contributed by atoms with Gasteiger partial charge in [-0.2, -0.15) is 0 Å². The molecule has 4 aromatic rings. The zero-order valence-electron chi connectivity index (χ0n) is 21.2. The fraction of sp³-hybridized carbons (Fsp3) is 0.250. The van der Waals surface area contributed by atoms with Gasteiger partial charge in [0, 0.05) is 24.7 Å². The molecule has 0 fully saturated rings. The van der Waals surface area contributed by atoms with Crippen LogP contribution in [0.1, 0.15) is 38.1 Å². The molecule has 0 saturated carbocycles. The van der Waals surface area contributed by atoms with Gasteiger partial charge in [-0.25, -0.2) is 4.99 Å². The maximum Gasteiger partial charge on any atom is 0.271 e. The monoisotopic (exact) mass is 657 g/mol. The lowest BCUT2D eigenvalue weighted by Gasteiger charge is -2.30. The molecule has 1 aliphatic heterocycles. The minimum atomic E-state index is -0.724. The molecule has 2 aromatic heterocycles. The molecule has 1 atom stereocenters. The molecule has 5 rings (SSSR count). The minimum Gasteiger partial charge on any atom is -0.496 e. The number of thiazole rings is 1. The Morgan fingerprint density at radius 3 is 2.61 bits per heavy atom. The number of furan rings is 1. The Balaban J connectivity index is 1.86. The number of fused-ring (bicyclic) bond motifs is 2. The summed E-state index contributed by atoms with van der Waals surface area (Å²) in [6.07, 6.45) is 1.70. The van der Waals surface area contributed by atoms with Crippen LogP contribution in [0.3, 0.4) is 0 Å². The minimum absolute atomic E-state index is 0.149. The molecule has 0 radical (unpaired) electrons. The second kappa shape index (κ2) is 10.7. The quantitative estimate of drug-likeness (QED) is 0.279. The summed E-state index contributed by atoms with van der Waals surface area (Å²) < 4.78 is 14.9. The van der Waals surface area contributed by atoms with Crippen molar-refractivity contribution in [2.45, 2.75) is 26.8 Å². The molecular weight excluding hydrogens is 634 g/mol. The maximum absolute atomic E-state index is 14.0. The number of rotatable bonds is 6. The summed E-state index contributed by atoms with van der Waals surface area (Å²) in [5.74, 6) is 0.967. The van der Waals surface area contributed by atoms with Crippen LogP contribution in [0.5, 0.6) is 5.75 Å².